The van der Waals surface area contributed by atoms with Gasteiger partial charge in [-0.2, -0.15) is 0 Å². The Labute approximate surface area is 99.0 Å². The number of rotatable bonds is 5. The highest BCUT2D eigenvalue weighted by molar-refractivity contribution is 7.12. The molecule has 0 atom stereocenters. The van der Waals surface area contributed by atoms with Crippen molar-refractivity contribution in [1.29, 1.82) is 0 Å². The fourth-order valence-corrected chi connectivity index (χ4v) is 2.01. The van der Waals surface area contributed by atoms with E-state index in [0.717, 1.165) is 12.0 Å². The van der Waals surface area contributed by atoms with Crippen LogP contribution in [-0.2, 0) is 4.79 Å². The number of amides is 2. The van der Waals surface area contributed by atoms with Crippen molar-refractivity contribution in [3.63, 3.8) is 0 Å². The van der Waals surface area contributed by atoms with Gasteiger partial charge < -0.3 is 10.6 Å². The SMILES string of the molecule is CCCNC(=O)CNC(=O)c1sccc1C. The highest BCUT2D eigenvalue weighted by Crippen LogP contribution is 2.14. The Morgan fingerprint density at radius 3 is 2.69 bits per heavy atom. The molecule has 0 bridgehead atoms. The summed E-state index contributed by atoms with van der Waals surface area (Å²) in [5.41, 5.74) is 0.941. The molecule has 88 valence electrons. The van der Waals surface area contributed by atoms with Crippen molar-refractivity contribution in [1.82, 2.24) is 10.6 Å². The molecule has 0 aliphatic carbocycles. The van der Waals surface area contributed by atoms with Gasteiger partial charge in [-0.05, 0) is 30.4 Å². The van der Waals surface area contributed by atoms with Crippen molar-refractivity contribution >= 4 is 23.2 Å². The predicted octanol–water partition coefficient (Wildman–Crippen LogP) is 1.31. The Morgan fingerprint density at radius 1 is 1.38 bits per heavy atom. The molecule has 1 rings (SSSR count). The van der Waals surface area contributed by atoms with Crippen LogP contribution in [0.15, 0.2) is 11.4 Å². The second-order valence-electron chi connectivity index (χ2n) is 3.47. The maximum atomic E-state index is 11.6. The molecule has 5 heteroatoms. The largest absolute Gasteiger partial charge is 0.355 e. The first-order valence-electron chi connectivity index (χ1n) is 5.24. The second-order valence-corrected chi connectivity index (χ2v) is 4.38. The van der Waals surface area contributed by atoms with Gasteiger partial charge in [0.15, 0.2) is 0 Å². The highest BCUT2D eigenvalue weighted by atomic mass is 32.1. The average Bonchev–Trinajstić information content (AvgIpc) is 2.69. The van der Waals surface area contributed by atoms with E-state index < -0.39 is 0 Å². The van der Waals surface area contributed by atoms with E-state index in [4.69, 9.17) is 0 Å². The third-order valence-corrected chi connectivity index (χ3v) is 3.07. The standard InChI is InChI=1S/C11H16N2O2S/c1-3-5-12-9(14)7-13-11(15)10-8(2)4-6-16-10/h4,6H,3,5,7H2,1-2H3,(H,12,14)(H,13,15). The molecule has 0 spiro atoms. The first kappa shape index (κ1) is 12.7. The molecule has 1 aromatic heterocycles. The van der Waals surface area contributed by atoms with Crippen LogP contribution in [0.4, 0.5) is 0 Å². The summed E-state index contributed by atoms with van der Waals surface area (Å²) in [4.78, 5) is 23.5. The number of thiophene rings is 1. The minimum Gasteiger partial charge on any atom is -0.355 e. The Bertz CT molecular complexity index is 374. The van der Waals surface area contributed by atoms with Crippen molar-refractivity contribution < 1.29 is 9.59 Å². The molecule has 0 saturated heterocycles. The third-order valence-electron chi connectivity index (χ3n) is 2.05. The number of carbonyl (C=O) groups is 2. The van der Waals surface area contributed by atoms with Crippen LogP contribution in [0.5, 0.6) is 0 Å². The first-order chi connectivity index (χ1) is 7.65. The smallest absolute Gasteiger partial charge is 0.262 e. The molecule has 2 amide bonds. The lowest BCUT2D eigenvalue weighted by Gasteiger charge is -2.05. The second kappa shape index (κ2) is 6.27. The fraction of sp³-hybridized carbons (Fsp3) is 0.455. The number of aryl methyl sites for hydroxylation is 1. The molecule has 4 nitrogen and oxygen atoms in total. The van der Waals surface area contributed by atoms with Crippen molar-refractivity contribution in [2.75, 3.05) is 13.1 Å². The van der Waals surface area contributed by atoms with Crippen LogP contribution in [0.2, 0.25) is 0 Å². The van der Waals surface area contributed by atoms with E-state index in [1.54, 1.807) is 0 Å². The molecule has 16 heavy (non-hydrogen) atoms. The molecule has 1 aromatic rings. The molecule has 0 fully saturated rings. The lowest BCUT2D eigenvalue weighted by molar-refractivity contribution is -0.120. The average molecular weight is 240 g/mol. The number of nitrogens with one attached hydrogen (secondary N) is 2. The summed E-state index contributed by atoms with van der Waals surface area (Å²) < 4.78 is 0. The quantitative estimate of drug-likeness (QED) is 0.815. The fourth-order valence-electron chi connectivity index (χ4n) is 1.17. The van der Waals surface area contributed by atoms with Gasteiger partial charge in [0.1, 0.15) is 0 Å². The summed E-state index contributed by atoms with van der Waals surface area (Å²) in [6, 6.07) is 1.89. The van der Waals surface area contributed by atoms with E-state index in [-0.39, 0.29) is 18.4 Å². The van der Waals surface area contributed by atoms with Crippen LogP contribution in [0.25, 0.3) is 0 Å². The van der Waals surface area contributed by atoms with Gasteiger partial charge in [-0.25, -0.2) is 0 Å². The zero-order chi connectivity index (χ0) is 12.0. The van der Waals surface area contributed by atoms with Gasteiger partial charge >= 0.3 is 0 Å². The molecule has 0 aliphatic heterocycles. The monoisotopic (exact) mass is 240 g/mol. The van der Waals surface area contributed by atoms with E-state index in [9.17, 15) is 9.59 Å². The van der Waals surface area contributed by atoms with E-state index in [1.165, 1.54) is 11.3 Å². The maximum Gasteiger partial charge on any atom is 0.262 e. The molecule has 2 N–H and O–H groups in total. The molecular formula is C11H16N2O2S. The maximum absolute atomic E-state index is 11.6. The van der Waals surface area contributed by atoms with Crippen molar-refractivity contribution in [3.8, 4) is 0 Å². The van der Waals surface area contributed by atoms with E-state index in [1.807, 2.05) is 25.3 Å². The summed E-state index contributed by atoms with van der Waals surface area (Å²) >= 11 is 1.38. The van der Waals surface area contributed by atoms with Gasteiger partial charge in [-0.3, -0.25) is 9.59 Å². The Hall–Kier alpha value is -1.36. The predicted molar refractivity (Wildman–Crippen MR) is 64.7 cm³/mol. The van der Waals surface area contributed by atoms with Crippen LogP contribution < -0.4 is 10.6 Å². The molecule has 0 radical (unpaired) electrons. The highest BCUT2D eigenvalue weighted by Gasteiger charge is 2.10. The summed E-state index contributed by atoms with van der Waals surface area (Å²) in [6.07, 6.45) is 0.893. The van der Waals surface area contributed by atoms with Crippen molar-refractivity contribution in [2.45, 2.75) is 20.3 Å². The van der Waals surface area contributed by atoms with E-state index in [2.05, 4.69) is 10.6 Å². The Kier molecular flexibility index (Phi) is 4.98. The Balaban J connectivity index is 2.36. The number of carbonyl (C=O) groups excluding carboxylic acids is 2. The molecule has 0 saturated carbocycles. The zero-order valence-corrected chi connectivity index (χ0v) is 10.3. The molecule has 0 unspecified atom stereocenters. The van der Waals surface area contributed by atoms with E-state index in [0.29, 0.717) is 11.4 Å². The minimum atomic E-state index is -0.181. The van der Waals surface area contributed by atoms with Gasteiger partial charge in [0, 0.05) is 6.54 Å². The van der Waals surface area contributed by atoms with Crippen LogP contribution in [0, 0.1) is 6.92 Å². The van der Waals surface area contributed by atoms with Gasteiger partial charge in [0.25, 0.3) is 5.91 Å². The van der Waals surface area contributed by atoms with Crippen LogP contribution in [0.3, 0.4) is 0 Å². The lowest BCUT2D eigenvalue weighted by atomic mass is 10.3. The normalized spacial score (nSPS) is 9.88. The summed E-state index contributed by atoms with van der Waals surface area (Å²) in [6.45, 7) is 4.54. The van der Waals surface area contributed by atoms with Gasteiger partial charge in [-0.1, -0.05) is 6.92 Å². The third kappa shape index (κ3) is 3.66. The molecule has 1 heterocycles. The molecular weight excluding hydrogens is 224 g/mol. The van der Waals surface area contributed by atoms with Crippen LogP contribution in [0.1, 0.15) is 28.6 Å². The molecule has 0 aliphatic rings. The lowest BCUT2D eigenvalue weighted by Crippen LogP contribution is -2.37. The van der Waals surface area contributed by atoms with Crippen LogP contribution >= 0.6 is 11.3 Å². The topological polar surface area (TPSA) is 58.2 Å². The first-order valence-corrected chi connectivity index (χ1v) is 6.12. The van der Waals surface area contributed by atoms with Gasteiger partial charge in [-0.15, -0.1) is 11.3 Å². The van der Waals surface area contributed by atoms with E-state index >= 15 is 0 Å². The summed E-state index contributed by atoms with van der Waals surface area (Å²) in [5, 5.41) is 7.15. The van der Waals surface area contributed by atoms with Gasteiger partial charge in [0.05, 0.1) is 11.4 Å². The molecule has 0 aromatic carbocycles. The van der Waals surface area contributed by atoms with Crippen LogP contribution in [-0.4, -0.2) is 24.9 Å². The van der Waals surface area contributed by atoms with Crippen molar-refractivity contribution in [3.05, 3.63) is 21.9 Å². The summed E-state index contributed by atoms with van der Waals surface area (Å²) in [5.74, 6) is -0.330. The minimum absolute atomic E-state index is 0.0379. The zero-order valence-electron chi connectivity index (χ0n) is 9.50. The Morgan fingerprint density at radius 2 is 2.12 bits per heavy atom. The number of hydrogen-bond donors (Lipinski definition) is 2. The summed E-state index contributed by atoms with van der Waals surface area (Å²) in [7, 11) is 0. The van der Waals surface area contributed by atoms with Gasteiger partial charge in [0.2, 0.25) is 5.91 Å². The number of hydrogen-bond acceptors (Lipinski definition) is 3. The van der Waals surface area contributed by atoms with Crippen molar-refractivity contribution in [2.24, 2.45) is 0 Å².